The number of hydrogen-bond donors (Lipinski definition) is 1. The molecule has 0 amide bonds. The highest BCUT2D eigenvalue weighted by Gasteiger charge is 2.51. The summed E-state index contributed by atoms with van der Waals surface area (Å²) in [7, 11) is 5.84. The van der Waals surface area contributed by atoms with E-state index in [9.17, 15) is 14.7 Å². The molecule has 0 radical (unpaired) electrons. The van der Waals surface area contributed by atoms with E-state index in [1.807, 2.05) is 0 Å². The van der Waals surface area contributed by atoms with E-state index in [0.29, 0.717) is 33.8 Å². The summed E-state index contributed by atoms with van der Waals surface area (Å²) in [4.78, 5) is 26.1. The lowest BCUT2D eigenvalue weighted by atomic mass is 9.71. The first-order valence-corrected chi connectivity index (χ1v) is 13.6. The third kappa shape index (κ3) is 4.93. The Morgan fingerprint density at radius 3 is 2.12 bits per heavy atom. The lowest BCUT2D eigenvalue weighted by molar-refractivity contribution is -0.166. The number of hydrogen-bond acceptors (Lipinski definition) is 11. The van der Waals surface area contributed by atoms with Crippen LogP contribution in [0.3, 0.4) is 0 Å². The molecule has 2 aliphatic rings. The second kappa shape index (κ2) is 11.6. The Kier molecular flexibility index (Phi) is 8.02. The predicted molar refractivity (Wildman–Crippen MR) is 153 cm³/mol. The summed E-state index contributed by atoms with van der Waals surface area (Å²) >= 11 is 0. The molecule has 0 saturated carbocycles. The summed E-state index contributed by atoms with van der Waals surface area (Å²) in [6.45, 7) is 4.45. The SMILES string of the molecule is COc1cc2c(c(OC)c1OC)-c1c(cc3c(c1OC)OCO3)C(OC(C)=O)C(C)[C@](C)(O)C2OC(=O)c1ccccc1. The maximum absolute atomic E-state index is 13.6. The van der Waals surface area contributed by atoms with Crippen LogP contribution in [0, 0.1) is 5.92 Å². The van der Waals surface area contributed by atoms with Gasteiger partial charge in [0.05, 0.1) is 34.0 Å². The fourth-order valence-electron chi connectivity index (χ4n) is 5.75. The highest BCUT2D eigenvalue weighted by molar-refractivity contribution is 5.92. The number of esters is 2. The van der Waals surface area contributed by atoms with E-state index >= 15 is 0 Å². The molecular formula is C32H34O11. The Labute approximate surface area is 249 Å². The highest BCUT2D eigenvalue weighted by atomic mass is 16.7. The van der Waals surface area contributed by atoms with E-state index in [4.69, 9.17) is 37.9 Å². The van der Waals surface area contributed by atoms with E-state index in [0.717, 1.165) is 0 Å². The molecule has 1 aliphatic carbocycles. The van der Waals surface area contributed by atoms with Crippen molar-refractivity contribution in [3.8, 4) is 45.6 Å². The molecule has 0 saturated heterocycles. The van der Waals surface area contributed by atoms with Gasteiger partial charge in [0.15, 0.2) is 29.1 Å². The quantitative estimate of drug-likeness (QED) is 0.370. The number of carbonyl (C=O) groups excluding carboxylic acids is 2. The van der Waals surface area contributed by atoms with Crippen molar-refractivity contribution < 1.29 is 52.6 Å². The van der Waals surface area contributed by atoms with E-state index in [-0.39, 0.29) is 35.4 Å². The summed E-state index contributed by atoms with van der Waals surface area (Å²) in [6.07, 6.45) is -2.39. The van der Waals surface area contributed by atoms with Gasteiger partial charge >= 0.3 is 11.9 Å². The van der Waals surface area contributed by atoms with Crippen molar-refractivity contribution in [1.82, 2.24) is 0 Å². The average molecular weight is 595 g/mol. The van der Waals surface area contributed by atoms with Crippen molar-refractivity contribution in [3.63, 3.8) is 0 Å². The Bertz CT molecular complexity index is 1550. The fraction of sp³-hybridized carbons (Fsp3) is 0.375. The monoisotopic (exact) mass is 594 g/mol. The van der Waals surface area contributed by atoms with Gasteiger partial charge in [-0.25, -0.2) is 4.79 Å². The lowest BCUT2D eigenvalue weighted by Gasteiger charge is -2.43. The van der Waals surface area contributed by atoms with Gasteiger partial charge in [0.2, 0.25) is 18.3 Å². The summed E-state index contributed by atoms with van der Waals surface area (Å²) in [5.41, 5.74) is -0.0149. The summed E-state index contributed by atoms with van der Waals surface area (Å²) in [5.74, 6) is -0.467. The van der Waals surface area contributed by atoms with Crippen molar-refractivity contribution in [3.05, 3.63) is 59.2 Å². The van der Waals surface area contributed by atoms with Crippen LogP contribution >= 0.6 is 0 Å². The fourth-order valence-corrected chi connectivity index (χ4v) is 5.75. The molecule has 1 N–H and O–H groups in total. The predicted octanol–water partition coefficient (Wildman–Crippen LogP) is 5.02. The second-order valence-corrected chi connectivity index (χ2v) is 10.4. The minimum atomic E-state index is -1.83. The molecule has 11 nitrogen and oxygen atoms in total. The molecule has 43 heavy (non-hydrogen) atoms. The van der Waals surface area contributed by atoms with Gasteiger partial charge in [0, 0.05) is 35.1 Å². The molecule has 11 heteroatoms. The maximum Gasteiger partial charge on any atom is 0.338 e. The molecule has 4 atom stereocenters. The Balaban J connectivity index is 1.93. The number of benzene rings is 3. The van der Waals surface area contributed by atoms with Crippen molar-refractivity contribution in [2.75, 3.05) is 35.2 Å². The molecule has 3 aromatic carbocycles. The van der Waals surface area contributed by atoms with Crippen LogP contribution in [0.5, 0.6) is 34.5 Å². The first-order valence-electron chi connectivity index (χ1n) is 13.6. The molecule has 0 bridgehead atoms. The van der Waals surface area contributed by atoms with Crippen molar-refractivity contribution >= 4 is 11.9 Å². The summed E-state index contributed by atoms with van der Waals surface area (Å²) < 4.78 is 46.8. The largest absolute Gasteiger partial charge is 0.493 e. The number of carbonyl (C=O) groups is 2. The first-order chi connectivity index (χ1) is 20.6. The Hall–Kier alpha value is -4.64. The minimum absolute atomic E-state index is 0.0622. The first kappa shape index (κ1) is 29.8. The Morgan fingerprint density at radius 1 is 0.860 bits per heavy atom. The van der Waals surface area contributed by atoms with Gasteiger partial charge in [-0.05, 0) is 31.2 Å². The summed E-state index contributed by atoms with van der Waals surface area (Å²) in [6, 6.07) is 11.7. The normalized spacial score (nSPS) is 21.8. The van der Waals surface area contributed by atoms with E-state index in [2.05, 4.69) is 0 Å². The molecule has 3 unspecified atom stereocenters. The number of rotatable bonds is 7. The van der Waals surface area contributed by atoms with Gasteiger partial charge in [-0.1, -0.05) is 25.1 Å². The zero-order chi connectivity index (χ0) is 31.1. The van der Waals surface area contributed by atoms with Crippen LogP contribution in [-0.2, 0) is 14.3 Å². The van der Waals surface area contributed by atoms with Crippen molar-refractivity contribution in [2.45, 2.75) is 38.6 Å². The van der Waals surface area contributed by atoms with Crippen LogP contribution in [-0.4, -0.2) is 57.9 Å². The summed E-state index contributed by atoms with van der Waals surface area (Å²) in [5, 5.41) is 12.4. The van der Waals surface area contributed by atoms with Crippen LogP contribution in [0.1, 0.15) is 54.5 Å². The molecule has 228 valence electrons. The third-order valence-corrected chi connectivity index (χ3v) is 7.99. The third-order valence-electron chi connectivity index (χ3n) is 7.99. The molecule has 0 fully saturated rings. The molecule has 1 aliphatic heterocycles. The standard InChI is InChI=1S/C32H34O11/c1-16-25(42-17(2)33)19-13-22-27(41-15-40-22)29(39-7)23(19)24-20(14-21(36-4)26(37-5)28(24)38-6)30(32(16,3)35)43-31(34)18-11-9-8-10-12-18/h8-14,16,25,30,35H,15H2,1-7H3/t16?,25?,30?,32-/m0/s1. The Morgan fingerprint density at radius 2 is 1.51 bits per heavy atom. The maximum atomic E-state index is 13.6. The lowest BCUT2D eigenvalue weighted by Crippen LogP contribution is -2.46. The van der Waals surface area contributed by atoms with Gasteiger partial charge in [-0.15, -0.1) is 0 Å². The van der Waals surface area contributed by atoms with Gasteiger partial charge in [0.1, 0.15) is 11.7 Å². The number of ether oxygens (including phenoxy) is 8. The van der Waals surface area contributed by atoms with Crippen molar-refractivity contribution in [1.29, 1.82) is 0 Å². The van der Waals surface area contributed by atoms with Gasteiger partial charge < -0.3 is 43.0 Å². The molecule has 0 aromatic heterocycles. The van der Waals surface area contributed by atoms with Crippen molar-refractivity contribution in [2.24, 2.45) is 5.92 Å². The minimum Gasteiger partial charge on any atom is -0.493 e. The van der Waals surface area contributed by atoms with E-state index in [1.165, 1.54) is 42.3 Å². The van der Waals surface area contributed by atoms with Gasteiger partial charge in [-0.2, -0.15) is 0 Å². The molecule has 1 heterocycles. The number of fused-ring (bicyclic) bond motifs is 4. The highest BCUT2D eigenvalue weighted by Crippen LogP contribution is 2.61. The second-order valence-electron chi connectivity index (χ2n) is 10.4. The van der Waals surface area contributed by atoms with Crippen LogP contribution < -0.4 is 28.4 Å². The molecular weight excluding hydrogens is 560 g/mol. The van der Waals surface area contributed by atoms with E-state index in [1.54, 1.807) is 49.4 Å². The van der Waals surface area contributed by atoms with Gasteiger partial charge in [0.25, 0.3) is 0 Å². The topological polar surface area (TPSA) is 128 Å². The molecule has 0 spiro atoms. The smallest absolute Gasteiger partial charge is 0.338 e. The number of methoxy groups -OCH3 is 4. The van der Waals surface area contributed by atoms with Crippen LogP contribution in [0.2, 0.25) is 0 Å². The molecule has 3 aromatic rings. The van der Waals surface area contributed by atoms with E-state index < -0.39 is 35.7 Å². The zero-order valence-electron chi connectivity index (χ0n) is 25.0. The molecule has 5 rings (SSSR count). The van der Waals surface area contributed by atoms with Crippen LogP contribution in [0.25, 0.3) is 11.1 Å². The van der Waals surface area contributed by atoms with Crippen LogP contribution in [0.4, 0.5) is 0 Å². The van der Waals surface area contributed by atoms with Crippen LogP contribution in [0.15, 0.2) is 42.5 Å². The zero-order valence-corrected chi connectivity index (χ0v) is 25.0. The van der Waals surface area contributed by atoms with Gasteiger partial charge in [-0.3, -0.25) is 4.79 Å². The number of aliphatic hydroxyl groups is 1. The average Bonchev–Trinajstić information content (AvgIpc) is 3.48.